The smallest absolute Gasteiger partial charge is 0.315 e. The van der Waals surface area contributed by atoms with Gasteiger partial charge in [0.25, 0.3) is 5.56 Å². The van der Waals surface area contributed by atoms with Gasteiger partial charge in [-0.1, -0.05) is 13.3 Å². The highest BCUT2D eigenvalue weighted by Crippen LogP contribution is 2.27. The van der Waals surface area contributed by atoms with Crippen molar-refractivity contribution in [1.29, 1.82) is 0 Å². The highest BCUT2D eigenvalue weighted by atomic mass is 16.6. The number of aromatic nitrogens is 1. The highest BCUT2D eigenvalue weighted by Gasteiger charge is 2.29. The Balaban J connectivity index is 2.38. The number of pyridine rings is 1. The van der Waals surface area contributed by atoms with Crippen LogP contribution in [0.25, 0.3) is 0 Å². The van der Waals surface area contributed by atoms with Crippen LogP contribution in [0.3, 0.4) is 0 Å². The van der Waals surface area contributed by atoms with E-state index in [0.717, 1.165) is 6.42 Å². The van der Waals surface area contributed by atoms with Gasteiger partial charge in [0.05, 0.1) is 12.3 Å². The van der Waals surface area contributed by atoms with Crippen molar-refractivity contribution in [3.05, 3.63) is 22.6 Å². The van der Waals surface area contributed by atoms with E-state index in [1.807, 2.05) is 6.92 Å². The fraction of sp³-hybridized carbons (Fsp3) is 0.417. The molecule has 2 rings (SSSR count). The summed E-state index contributed by atoms with van der Waals surface area (Å²) in [5.41, 5.74) is -0.592. The van der Waals surface area contributed by atoms with Crippen molar-refractivity contribution in [2.45, 2.75) is 26.2 Å². The maximum Gasteiger partial charge on any atom is 0.315 e. The molecule has 1 atom stereocenters. The molecule has 1 aliphatic heterocycles. The number of carbonyl (C=O) groups is 2. The Labute approximate surface area is 103 Å². The predicted octanol–water partition coefficient (Wildman–Crippen LogP) is 1.01. The number of aromatic amines is 1. The van der Waals surface area contributed by atoms with E-state index >= 15 is 0 Å². The molecule has 0 amide bonds. The summed E-state index contributed by atoms with van der Waals surface area (Å²) in [5.74, 6) is -1.93. The molecule has 0 saturated carbocycles. The number of carbonyl (C=O) groups excluding carboxylic acids is 2. The molecule has 0 saturated heterocycles. The first-order valence-electron chi connectivity index (χ1n) is 5.76. The summed E-state index contributed by atoms with van der Waals surface area (Å²) in [6.07, 6.45) is 2.56. The van der Waals surface area contributed by atoms with Crippen LogP contribution >= 0.6 is 0 Å². The van der Waals surface area contributed by atoms with Crippen LogP contribution in [0, 0.1) is 5.92 Å². The molecule has 2 heterocycles. The predicted molar refractivity (Wildman–Crippen MR) is 61.3 cm³/mol. The van der Waals surface area contributed by atoms with Crippen LogP contribution in [0.4, 0.5) is 0 Å². The van der Waals surface area contributed by atoms with E-state index in [9.17, 15) is 14.4 Å². The third kappa shape index (κ3) is 2.42. The molecule has 96 valence electrons. The fourth-order valence-corrected chi connectivity index (χ4v) is 1.82. The van der Waals surface area contributed by atoms with Crippen LogP contribution in [0.1, 0.15) is 26.2 Å². The second-order valence-electron chi connectivity index (χ2n) is 4.09. The molecular formula is C12H13NO5. The first-order chi connectivity index (χ1) is 8.61. The van der Waals surface area contributed by atoms with Crippen molar-refractivity contribution in [1.82, 2.24) is 4.98 Å². The zero-order valence-electron chi connectivity index (χ0n) is 9.89. The summed E-state index contributed by atoms with van der Waals surface area (Å²) in [6, 6.07) is 1.38. The van der Waals surface area contributed by atoms with Crippen molar-refractivity contribution in [3.8, 4) is 11.5 Å². The van der Waals surface area contributed by atoms with E-state index in [1.165, 1.54) is 12.3 Å². The second-order valence-corrected chi connectivity index (χ2v) is 4.09. The molecule has 1 aromatic heterocycles. The van der Waals surface area contributed by atoms with E-state index < -0.39 is 23.4 Å². The lowest BCUT2D eigenvalue weighted by atomic mass is 10.00. The molecule has 0 spiro atoms. The minimum absolute atomic E-state index is 0.0213. The van der Waals surface area contributed by atoms with Gasteiger partial charge in [-0.3, -0.25) is 14.4 Å². The van der Waals surface area contributed by atoms with Crippen molar-refractivity contribution in [2.75, 3.05) is 0 Å². The molecule has 1 aromatic rings. The summed E-state index contributed by atoms with van der Waals surface area (Å²) < 4.78 is 10.0. The molecule has 0 fully saturated rings. The minimum atomic E-state index is -0.592. The number of H-pyrrole nitrogens is 1. The molecule has 0 aliphatic carbocycles. The van der Waals surface area contributed by atoms with E-state index in [4.69, 9.17) is 9.47 Å². The Hall–Kier alpha value is -2.11. The fourth-order valence-electron chi connectivity index (χ4n) is 1.82. The molecule has 0 bridgehead atoms. The standard InChI is InChI=1S/C12H13NO5/c1-2-3-7-6-9(14)17-8-4-5-13-11(15)10(8)18-12(7)16/h4-5,7H,2-3,6H2,1H3,(H,13,15). The largest absolute Gasteiger partial charge is 0.422 e. The van der Waals surface area contributed by atoms with Gasteiger partial charge in [0.2, 0.25) is 5.75 Å². The topological polar surface area (TPSA) is 85.5 Å². The van der Waals surface area contributed by atoms with Gasteiger partial charge in [-0.25, -0.2) is 0 Å². The van der Waals surface area contributed by atoms with Gasteiger partial charge in [-0.15, -0.1) is 0 Å². The lowest BCUT2D eigenvalue weighted by Gasteiger charge is -2.18. The van der Waals surface area contributed by atoms with Crippen LogP contribution in [0.5, 0.6) is 11.5 Å². The summed E-state index contributed by atoms with van der Waals surface area (Å²) in [5, 5.41) is 0. The normalized spacial score (nSPS) is 19.3. The Bertz CT molecular complexity index is 534. The number of fused-ring (bicyclic) bond motifs is 1. The third-order valence-corrected chi connectivity index (χ3v) is 2.69. The Morgan fingerprint density at radius 1 is 1.33 bits per heavy atom. The zero-order chi connectivity index (χ0) is 13.1. The number of hydrogen-bond acceptors (Lipinski definition) is 5. The minimum Gasteiger partial charge on any atom is -0.422 e. The van der Waals surface area contributed by atoms with Crippen molar-refractivity contribution in [2.24, 2.45) is 5.92 Å². The van der Waals surface area contributed by atoms with E-state index in [2.05, 4.69) is 4.98 Å². The highest BCUT2D eigenvalue weighted by molar-refractivity contribution is 5.84. The van der Waals surface area contributed by atoms with Gasteiger partial charge in [-0.05, 0) is 6.42 Å². The Morgan fingerprint density at radius 3 is 2.83 bits per heavy atom. The molecule has 1 N–H and O–H groups in total. The van der Waals surface area contributed by atoms with Crippen LogP contribution in [-0.4, -0.2) is 16.9 Å². The average molecular weight is 251 g/mol. The zero-order valence-corrected chi connectivity index (χ0v) is 9.89. The molecular weight excluding hydrogens is 238 g/mol. The van der Waals surface area contributed by atoms with E-state index in [1.54, 1.807) is 0 Å². The maximum atomic E-state index is 11.8. The molecule has 1 aliphatic rings. The number of nitrogens with one attached hydrogen (secondary N) is 1. The van der Waals surface area contributed by atoms with Crippen LogP contribution in [0.15, 0.2) is 17.1 Å². The first-order valence-corrected chi connectivity index (χ1v) is 5.76. The van der Waals surface area contributed by atoms with Crippen LogP contribution in [0.2, 0.25) is 0 Å². The number of ether oxygens (including phenoxy) is 2. The molecule has 6 heteroatoms. The number of hydrogen-bond donors (Lipinski definition) is 1. The Morgan fingerprint density at radius 2 is 2.11 bits per heavy atom. The summed E-state index contributed by atoms with van der Waals surface area (Å²) >= 11 is 0. The third-order valence-electron chi connectivity index (χ3n) is 2.69. The monoisotopic (exact) mass is 251 g/mol. The molecule has 0 aromatic carbocycles. The Kier molecular flexibility index (Phi) is 3.45. The molecule has 6 nitrogen and oxygen atoms in total. The van der Waals surface area contributed by atoms with Gasteiger partial charge in [0.1, 0.15) is 0 Å². The van der Waals surface area contributed by atoms with Crippen molar-refractivity contribution in [3.63, 3.8) is 0 Å². The van der Waals surface area contributed by atoms with Crippen molar-refractivity contribution < 1.29 is 19.1 Å². The maximum absolute atomic E-state index is 11.8. The van der Waals surface area contributed by atoms with Gasteiger partial charge in [0, 0.05) is 12.3 Å². The SMILES string of the molecule is CCCC1CC(=O)Oc2cc[nH]c(=O)c2OC1=O. The second kappa shape index (κ2) is 5.03. The molecule has 0 radical (unpaired) electrons. The van der Waals surface area contributed by atoms with E-state index in [0.29, 0.717) is 6.42 Å². The van der Waals surface area contributed by atoms with Crippen LogP contribution in [-0.2, 0) is 9.59 Å². The average Bonchev–Trinajstić information content (AvgIpc) is 2.31. The van der Waals surface area contributed by atoms with Gasteiger partial charge in [-0.2, -0.15) is 0 Å². The lowest BCUT2D eigenvalue weighted by Crippen LogP contribution is -2.30. The number of esters is 2. The van der Waals surface area contributed by atoms with Gasteiger partial charge < -0.3 is 14.5 Å². The van der Waals surface area contributed by atoms with Gasteiger partial charge >= 0.3 is 11.9 Å². The van der Waals surface area contributed by atoms with Crippen LogP contribution < -0.4 is 15.0 Å². The number of rotatable bonds is 2. The lowest BCUT2D eigenvalue weighted by molar-refractivity contribution is -0.147. The van der Waals surface area contributed by atoms with E-state index in [-0.39, 0.29) is 17.9 Å². The summed E-state index contributed by atoms with van der Waals surface area (Å²) in [7, 11) is 0. The molecule has 18 heavy (non-hydrogen) atoms. The summed E-state index contributed by atoms with van der Waals surface area (Å²) in [6.45, 7) is 1.90. The summed E-state index contributed by atoms with van der Waals surface area (Å²) in [4.78, 5) is 37.3. The van der Waals surface area contributed by atoms with Gasteiger partial charge in [0.15, 0.2) is 5.75 Å². The quantitative estimate of drug-likeness (QED) is 0.793. The first kappa shape index (κ1) is 12.3. The van der Waals surface area contributed by atoms with Crippen molar-refractivity contribution >= 4 is 11.9 Å². The molecule has 1 unspecified atom stereocenters.